The normalized spacial score (nSPS) is 14.1. The molecule has 9 nitrogen and oxygen atoms in total. The summed E-state index contributed by atoms with van der Waals surface area (Å²) < 4.78 is 43.9. The highest BCUT2D eigenvalue weighted by molar-refractivity contribution is 5.97. The lowest BCUT2D eigenvalue weighted by atomic mass is 10.1. The maximum absolute atomic E-state index is 12.9. The van der Waals surface area contributed by atoms with E-state index in [1.165, 1.54) is 30.1 Å². The Morgan fingerprint density at radius 3 is 2.42 bits per heavy atom. The summed E-state index contributed by atoms with van der Waals surface area (Å²) >= 11 is 0. The van der Waals surface area contributed by atoms with Gasteiger partial charge in [0.15, 0.2) is 6.61 Å². The van der Waals surface area contributed by atoms with E-state index in [2.05, 4.69) is 5.32 Å². The number of carbonyl (C=O) groups excluding carboxylic acids is 2. The first kappa shape index (κ1) is 23.8. The number of nitro benzene ring substituents is 1. The molecule has 1 fully saturated rings. The number of carbonyl (C=O) groups is 2. The number of non-ortho nitro benzene ring substituents is 1. The van der Waals surface area contributed by atoms with E-state index < -0.39 is 35.1 Å². The number of alkyl halides is 3. The topological polar surface area (TPSA) is 105 Å². The van der Waals surface area contributed by atoms with Gasteiger partial charge in [-0.05, 0) is 24.3 Å². The molecule has 3 rings (SSSR count). The highest BCUT2D eigenvalue weighted by Crippen LogP contribution is 2.32. The molecule has 0 unspecified atom stereocenters. The highest BCUT2D eigenvalue weighted by atomic mass is 19.4. The number of hydrogen-bond donors (Lipinski definition) is 1. The zero-order valence-corrected chi connectivity index (χ0v) is 17.6. The highest BCUT2D eigenvalue weighted by Gasteiger charge is 2.31. The summed E-state index contributed by atoms with van der Waals surface area (Å²) in [6.45, 7) is 0.552. The van der Waals surface area contributed by atoms with Crippen molar-refractivity contribution in [2.75, 3.05) is 50.1 Å². The number of nitro groups is 1. The van der Waals surface area contributed by atoms with Crippen LogP contribution in [0.15, 0.2) is 42.5 Å². The monoisotopic (exact) mass is 466 g/mol. The van der Waals surface area contributed by atoms with Crippen LogP contribution in [0.4, 0.5) is 30.2 Å². The van der Waals surface area contributed by atoms with Gasteiger partial charge in [0.05, 0.1) is 16.1 Å². The van der Waals surface area contributed by atoms with Gasteiger partial charge in [0, 0.05) is 56.7 Å². The van der Waals surface area contributed by atoms with E-state index in [0.29, 0.717) is 24.5 Å². The molecule has 1 aliphatic heterocycles. The number of esters is 1. The number of rotatable bonds is 6. The number of hydrogen-bond acceptors (Lipinski definition) is 7. The molecule has 2 aromatic rings. The Bertz CT molecular complexity index is 1050. The second kappa shape index (κ2) is 9.76. The Labute approximate surface area is 186 Å². The lowest BCUT2D eigenvalue weighted by molar-refractivity contribution is -0.384. The van der Waals surface area contributed by atoms with Crippen molar-refractivity contribution in [1.82, 2.24) is 4.90 Å². The first-order valence-electron chi connectivity index (χ1n) is 9.93. The van der Waals surface area contributed by atoms with Crippen LogP contribution in [-0.4, -0.2) is 61.5 Å². The van der Waals surface area contributed by atoms with E-state index in [1.807, 2.05) is 0 Å². The van der Waals surface area contributed by atoms with Crippen LogP contribution < -0.4 is 10.2 Å². The second-order valence-corrected chi connectivity index (χ2v) is 7.23. The maximum atomic E-state index is 12.9. The van der Waals surface area contributed by atoms with E-state index >= 15 is 0 Å². The van der Waals surface area contributed by atoms with Gasteiger partial charge in [-0.15, -0.1) is 0 Å². The fourth-order valence-electron chi connectivity index (χ4n) is 3.42. The number of anilines is 2. The molecule has 33 heavy (non-hydrogen) atoms. The van der Waals surface area contributed by atoms with Gasteiger partial charge in [0.2, 0.25) is 0 Å². The third kappa shape index (κ3) is 5.70. The van der Waals surface area contributed by atoms with Crippen molar-refractivity contribution in [3.8, 4) is 0 Å². The molecule has 0 radical (unpaired) electrons. The fraction of sp³-hybridized carbons (Fsp3) is 0.333. The lowest BCUT2D eigenvalue weighted by Gasteiger charge is -2.36. The van der Waals surface area contributed by atoms with Gasteiger partial charge in [-0.2, -0.15) is 13.2 Å². The zero-order valence-electron chi connectivity index (χ0n) is 17.6. The molecule has 0 atom stereocenters. The number of ether oxygens (including phenoxy) is 1. The van der Waals surface area contributed by atoms with Crippen LogP contribution in [0.2, 0.25) is 0 Å². The number of nitrogens with one attached hydrogen (secondary N) is 1. The predicted molar refractivity (Wildman–Crippen MR) is 113 cm³/mol. The molecular weight excluding hydrogens is 445 g/mol. The van der Waals surface area contributed by atoms with E-state index in [9.17, 15) is 32.9 Å². The average Bonchev–Trinajstić information content (AvgIpc) is 2.81. The molecular formula is C21H21F3N4O5. The Morgan fingerprint density at radius 1 is 1.12 bits per heavy atom. The van der Waals surface area contributed by atoms with Crippen molar-refractivity contribution in [1.29, 1.82) is 0 Å². The Balaban J connectivity index is 1.56. The quantitative estimate of drug-likeness (QED) is 0.396. The lowest BCUT2D eigenvalue weighted by Crippen LogP contribution is -2.50. The first-order valence-corrected chi connectivity index (χ1v) is 9.93. The largest absolute Gasteiger partial charge is 0.452 e. The Hall–Kier alpha value is -3.83. The minimum atomic E-state index is -4.44. The van der Waals surface area contributed by atoms with Crippen molar-refractivity contribution in [3.05, 3.63) is 63.7 Å². The van der Waals surface area contributed by atoms with Gasteiger partial charge in [-0.3, -0.25) is 14.9 Å². The van der Waals surface area contributed by atoms with Gasteiger partial charge < -0.3 is 19.9 Å². The van der Waals surface area contributed by atoms with Crippen molar-refractivity contribution in [2.24, 2.45) is 0 Å². The summed E-state index contributed by atoms with van der Waals surface area (Å²) in [4.78, 5) is 38.3. The van der Waals surface area contributed by atoms with Crippen LogP contribution in [0.25, 0.3) is 0 Å². The number of nitrogens with zero attached hydrogens (tertiary/aromatic N) is 3. The number of piperazine rings is 1. The molecule has 1 N–H and O–H groups in total. The van der Waals surface area contributed by atoms with Crippen LogP contribution in [-0.2, 0) is 15.7 Å². The first-order chi connectivity index (χ1) is 15.6. The molecule has 0 aliphatic carbocycles. The minimum absolute atomic E-state index is 0.0751. The van der Waals surface area contributed by atoms with E-state index in [1.54, 1.807) is 11.0 Å². The standard InChI is InChI=1S/C21H21F3N4O5/c1-25-18-6-5-16(28(31)32)12-17(18)20(30)33-13-19(29)27-9-7-26(8-10-27)15-4-2-3-14(11-15)21(22,23)24/h2-6,11-12,25H,7-10,13H2,1H3. The minimum Gasteiger partial charge on any atom is -0.452 e. The van der Waals surface area contributed by atoms with Crippen LogP contribution >= 0.6 is 0 Å². The van der Waals surface area contributed by atoms with Crippen LogP contribution in [0.1, 0.15) is 15.9 Å². The molecule has 2 aromatic carbocycles. The molecule has 176 valence electrons. The molecule has 1 amide bonds. The SMILES string of the molecule is CNc1ccc([N+](=O)[O-])cc1C(=O)OCC(=O)N1CCN(c2cccc(C(F)(F)F)c2)CC1. The molecule has 1 saturated heterocycles. The second-order valence-electron chi connectivity index (χ2n) is 7.23. The molecule has 0 aromatic heterocycles. The van der Waals surface area contributed by atoms with E-state index in [4.69, 9.17) is 4.74 Å². The zero-order chi connectivity index (χ0) is 24.2. The van der Waals surface area contributed by atoms with Crippen molar-refractivity contribution < 1.29 is 32.4 Å². The Kier molecular flexibility index (Phi) is 7.04. The third-order valence-electron chi connectivity index (χ3n) is 5.20. The van der Waals surface area contributed by atoms with Crippen molar-refractivity contribution in [2.45, 2.75) is 6.18 Å². The maximum Gasteiger partial charge on any atom is 0.416 e. The summed E-state index contributed by atoms with van der Waals surface area (Å²) in [6, 6.07) is 8.64. The van der Waals surface area contributed by atoms with Crippen LogP contribution in [0.3, 0.4) is 0 Å². The summed E-state index contributed by atoms with van der Waals surface area (Å²) in [6.07, 6.45) is -4.44. The van der Waals surface area contributed by atoms with Crippen LogP contribution in [0.5, 0.6) is 0 Å². The molecule has 12 heteroatoms. The summed E-state index contributed by atoms with van der Waals surface area (Å²) in [5.74, 6) is -1.36. The number of halogens is 3. The summed E-state index contributed by atoms with van der Waals surface area (Å²) in [5.41, 5.74) is -0.388. The average molecular weight is 466 g/mol. The predicted octanol–water partition coefficient (Wildman–Crippen LogP) is 3.16. The Morgan fingerprint density at radius 2 is 1.82 bits per heavy atom. The fourth-order valence-corrected chi connectivity index (χ4v) is 3.42. The number of benzene rings is 2. The van der Waals surface area contributed by atoms with Gasteiger partial charge in [-0.1, -0.05) is 6.07 Å². The van der Waals surface area contributed by atoms with Gasteiger partial charge >= 0.3 is 12.1 Å². The molecule has 0 saturated carbocycles. The van der Waals surface area contributed by atoms with E-state index in [0.717, 1.165) is 18.2 Å². The van der Waals surface area contributed by atoms with Crippen LogP contribution in [0, 0.1) is 10.1 Å². The van der Waals surface area contributed by atoms with E-state index in [-0.39, 0.29) is 24.3 Å². The number of amides is 1. The third-order valence-corrected chi connectivity index (χ3v) is 5.20. The van der Waals surface area contributed by atoms with Gasteiger partial charge in [-0.25, -0.2) is 4.79 Å². The van der Waals surface area contributed by atoms with Gasteiger partial charge in [0.1, 0.15) is 0 Å². The molecule has 0 spiro atoms. The summed E-state index contributed by atoms with van der Waals surface area (Å²) in [7, 11) is 1.53. The molecule has 1 heterocycles. The van der Waals surface area contributed by atoms with Gasteiger partial charge in [0.25, 0.3) is 11.6 Å². The molecule has 1 aliphatic rings. The van der Waals surface area contributed by atoms with Crippen molar-refractivity contribution >= 4 is 28.9 Å². The smallest absolute Gasteiger partial charge is 0.416 e. The molecule has 0 bridgehead atoms. The van der Waals surface area contributed by atoms with Crippen molar-refractivity contribution in [3.63, 3.8) is 0 Å². The summed E-state index contributed by atoms with van der Waals surface area (Å²) in [5, 5.41) is 13.7.